The number of hydrogen-bond acceptors (Lipinski definition) is 2. The van der Waals surface area contributed by atoms with Gasteiger partial charge in [0.25, 0.3) is 0 Å². The summed E-state index contributed by atoms with van der Waals surface area (Å²) in [4.78, 5) is -0.313. The summed E-state index contributed by atoms with van der Waals surface area (Å²) in [5.41, 5.74) is 0. The van der Waals surface area contributed by atoms with Crippen molar-refractivity contribution in [1.29, 1.82) is 0 Å². The topological polar surface area (TPSA) is 40.5 Å². The Morgan fingerprint density at radius 2 is 1.29 bits per heavy atom. The molecule has 0 saturated heterocycles. The Bertz CT molecular complexity index is 136. The maximum absolute atomic E-state index is 8.25. The average Bonchev–Trinajstić information content (AvgIpc) is 2.11. The summed E-state index contributed by atoms with van der Waals surface area (Å²) < 4.78 is -1.19. The fourth-order valence-electron chi connectivity index (χ4n) is 0.525. The van der Waals surface area contributed by atoms with Crippen LogP contribution in [0.15, 0.2) is 0 Å². The number of aliphatic hydroxyl groups excluding tert-OH is 2. The molecule has 0 aliphatic rings. The van der Waals surface area contributed by atoms with Gasteiger partial charge in [-0.15, -0.1) is 23.2 Å². The molecular formula is C8H15Cl5O2Ti2. The van der Waals surface area contributed by atoms with Crippen molar-refractivity contribution in [3.8, 4) is 0 Å². The van der Waals surface area contributed by atoms with Crippen LogP contribution in [-0.4, -0.2) is 32.1 Å². The third-order valence-electron chi connectivity index (χ3n) is 1.20. The number of aliphatic hydroxyl groups is 2. The smallest absolute Gasteiger partial charge is 0.190 e. The molecule has 2 N–H and O–H groups in total. The third-order valence-corrected chi connectivity index (χ3v) is 2.20. The van der Waals surface area contributed by atoms with E-state index in [4.69, 9.17) is 68.2 Å². The molecule has 0 amide bonds. The standard InChI is InChI=1S/C4H7Cl3O.C4H8Cl2O.2Ti/c5-4(6,7)2-1-3-8;5-4(6)2-1-3-7;;/h8H,1-3H2;4,7H,1-3H2;;. The van der Waals surface area contributed by atoms with Gasteiger partial charge in [-0.1, -0.05) is 34.8 Å². The molecule has 2 nitrogen and oxygen atoms in total. The normalized spacial score (nSPS) is 9.88. The number of hydrogen-bond donors (Lipinski definition) is 2. The van der Waals surface area contributed by atoms with Gasteiger partial charge in [-0.05, 0) is 25.7 Å². The Kier molecular flexibility index (Phi) is 31.0. The first-order valence-electron chi connectivity index (χ1n) is 4.40. The molecule has 0 saturated carbocycles. The molecule has 0 aliphatic carbocycles. The molecule has 0 aliphatic heterocycles. The van der Waals surface area contributed by atoms with Gasteiger partial charge in [0.05, 0.1) is 0 Å². The quantitative estimate of drug-likeness (QED) is 0.531. The summed E-state index contributed by atoms with van der Waals surface area (Å²) in [6, 6.07) is 0. The van der Waals surface area contributed by atoms with E-state index in [9.17, 15) is 0 Å². The summed E-state index contributed by atoms with van der Waals surface area (Å²) in [7, 11) is 0. The van der Waals surface area contributed by atoms with E-state index in [0.29, 0.717) is 25.7 Å². The van der Waals surface area contributed by atoms with E-state index in [1.165, 1.54) is 0 Å². The maximum Gasteiger partial charge on any atom is 0.190 e. The van der Waals surface area contributed by atoms with Crippen molar-refractivity contribution in [2.75, 3.05) is 13.2 Å². The SMILES string of the molecule is OCCCC(Cl)(Cl)Cl.OCCCC(Cl)Cl.[Ti].[Ti]. The van der Waals surface area contributed by atoms with Crippen LogP contribution in [-0.2, 0) is 43.4 Å². The Morgan fingerprint density at radius 1 is 0.882 bits per heavy atom. The number of halogens is 5. The fraction of sp³-hybridized carbons (Fsp3) is 1.00. The molecule has 0 fully saturated rings. The molecular weight excluding hydrogens is 401 g/mol. The summed E-state index contributed by atoms with van der Waals surface area (Å²) in [6.45, 7) is 0.254. The summed E-state index contributed by atoms with van der Waals surface area (Å²) in [5.74, 6) is 0. The molecule has 0 unspecified atom stereocenters. The van der Waals surface area contributed by atoms with Gasteiger partial charge in [0.1, 0.15) is 4.84 Å². The first kappa shape index (κ1) is 28.0. The Labute approximate surface area is 157 Å². The van der Waals surface area contributed by atoms with Gasteiger partial charge in [-0.2, -0.15) is 0 Å². The minimum Gasteiger partial charge on any atom is -0.396 e. The van der Waals surface area contributed by atoms with Crippen molar-refractivity contribution in [2.24, 2.45) is 0 Å². The molecule has 0 spiro atoms. The van der Waals surface area contributed by atoms with Crippen LogP contribution in [0.5, 0.6) is 0 Å². The van der Waals surface area contributed by atoms with Crippen LogP contribution >= 0.6 is 58.0 Å². The molecule has 0 rings (SSSR count). The van der Waals surface area contributed by atoms with Crippen LogP contribution in [0.3, 0.4) is 0 Å². The Hall–Kier alpha value is 2.80. The van der Waals surface area contributed by atoms with E-state index in [-0.39, 0.29) is 61.5 Å². The molecule has 0 heterocycles. The van der Waals surface area contributed by atoms with Gasteiger partial charge in [0, 0.05) is 56.6 Å². The van der Waals surface area contributed by atoms with Crippen molar-refractivity contribution in [3.05, 3.63) is 0 Å². The van der Waals surface area contributed by atoms with Crippen LogP contribution < -0.4 is 0 Å². The van der Waals surface area contributed by atoms with Crippen molar-refractivity contribution in [2.45, 2.75) is 34.3 Å². The average molecular weight is 416 g/mol. The van der Waals surface area contributed by atoms with E-state index in [0.717, 1.165) is 0 Å². The summed E-state index contributed by atoms with van der Waals surface area (Å²) in [6.07, 6.45) is 2.32. The van der Waals surface area contributed by atoms with Gasteiger partial charge in [-0.3, -0.25) is 0 Å². The predicted molar refractivity (Wildman–Crippen MR) is 68.4 cm³/mol. The zero-order chi connectivity index (χ0) is 12.3. The van der Waals surface area contributed by atoms with E-state index in [1.54, 1.807) is 0 Å². The van der Waals surface area contributed by atoms with E-state index < -0.39 is 3.79 Å². The summed E-state index contributed by atoms with van der Waals surface area (Å²) in [5, 5.41) is 16.5. The number of rotatable bonds is 5. The van der Waals surface area contributed by atoms with E-state index in [2.05, 4.69) is 0 Å². The molecule has 17 heavy (non-hydrogen) atoms. The fourth-order valence-corrected chi connectivity index (χ4v) is 1.23. The van der Waals surface area contributed by atoms with Crippen LogP contribution in [0.25, 0.3) is 0 Å². The van der Waals surface area contributed by atoms with E-state index in [1.807, 2.05) is 0 Å². The van der Waals surface area contributed by atoms with Crippen LogP contribution in [0.2, 0.25) is 0 Å². The summed E-state index contributed by atoms with van der Waals surface area (Å²) >= 11 is 26.6. The van der Waals surface area contributed by atoms with Crippen molar-refractivity contribution < 1.29 is 53.6 Å². The minimum atomic E-state index is -1.19. The molecule has 0 atom stereocenters. The predicted octanol–water partition coefficient (Wildman–Crippen LogP) is 3.69. The van der Waals surface area contributed by atoms with Crippen LogP contribution in [0, 0.1) is 0 Å². The zero-order valence-corrected chi connectivity index (χ0v) is 16.0. The van der Waals surface area contributed by atoms with Gasteiger partial charge in [0.15, 0.2) is 3.79 Å². The molecule has 0 aromatic heterocycles. The van der Waals surface area contributed by atoms with Gasteiger partial charge in [0.2, 0.25) is 0 Å². The van der Waals surface area contributed by atoms with Gasteiger partial charge in [-0.25, -0.2) is 0 Å². The Morgan fingerprint density at radius 3 is 1.41 bits per heavy atom. The van der Waals surface area contributed by atoms with Crippen LogP contribution in [0.1, 0.15) is 25.7 Å². The van der Waals surface area contributed by atoms with Crippen molar-refractivity contribution in [3.63, 3.8) is 0 Å². The van der Waals surface area contributed by atoms with Gasteiger partial charge >= 0.3 is 0 Å². The monoisotopic (exact) mass is 414 g/mol. The first-order valence-corrected chi connectivity index (χ1v) is 6.40. The molecule has 0 aromatic carbocycles. The van der Waals surface area contributed by atoms with Crippen molar-refractivity contribution in [1.82, 2.24) is 0 Å². The largest absolute Gasteiger partial charge is 0.396 e. The number of alkyl halides is 5. The first-order chi connectivity index (χ1) is 6.83. The minimum absolute atomic E-state index is 0. The Balaban J connectivity index is -0.0000000896. The second-order valence-corrected chi connectivity index (χ2v) is 6.49. The van der Waals surface area contributed by atoms with Crippen LogP contribution in [0.4, 0.5) is 0 Å². The second kappa shape index (κ2) is 18.8. The third kappa shape index (κ3) is 38.1. The van der Waals surface area contributed by atoms with Crippen molar-refractivity contribution >= 4 is 58.0 Å². The zero-order valence-electron chi connectivity index (χ0n) is 9.10. The maximum atomic E-state index is 8.25. The molecule has 0 aromatic rings. The van der Waals surface area contributed by atoms with Gasteiger partial charge < -0.3 is 10.2 Å². The molecule has 9 heteroatoms. The molecule has 102 valence electrons. The molecule has 0 bridgehead atoms. The van der Waals surface area contributed by atoms with E-state index >= 15 is 0 Å². The second-order valence-electron chi connectivity index (χ2n) is 2.70. The molecule has 0 radical (unpaired) electrons.